The SMILES string of the molecule is COc1cc2c(cc1NC(=O)Cc1csc(-c3ccc(OC)c(OC)c3)n1)oc1ccccc12. The van der Waals surface area contributed by atoms with Gasteiger partial charge in [0.15, 0.2) is 11.5 Å². The number of hydrogen-bond donors (Lipinski definition) is 1. The Morgan fingerprint density at radius 2 is 1.71 bits per heavy atom. The topological polar surface area (TPSA) is 82.8 Å². The first-order chi connectivity index (χ1) is 16.6. The highest BCUT2D eigenvalue weighted by molar-refractivity contribution is 7.13. The fraction of sp³-hybridized carbons (Fsp3) is 0.154. The van der Waals surface area contributed by atoms with Crippen molar-refractivity contribution in [2.24, 2.45) is 0 Å². The van der Waals surface area contributed by atoms with Crippen LogP contribution in [0.4, 0.5) is 5.69 Å². The maximum atomic E-state index is 12.8. The van der Waals surface area contributed by atoms with Crippen LogP contribution in [0.2, 0.25) is 0 Å². The first-order valence-electron chi connectivity index (χ1n) is 10.6. The van der Waals surface area contributed by atoms with Crippen molar-refractivity contribution in [2.75, 3.05) is 26.6 Å². The quantitative estimate of drug-likeness (QED) is 0.315. The highest BCUT2D eigenvalue weighted by Crippen LogP contribution is 2.37. The first-order valence-corrected chi connectivity index (χ1v) is 11.4. The van der Waals surface area contributed by atoms with Crippen LogP contribution in [0.5, 0.6) is 17.2 Å². The second-order valence-electron chi connectivity index (χ2n) is 7.59. The van der Waals surface area contributed by atoms with Crippen molar-refractivity contribution < 1.29 is 23.4 Å². The van der Waals surface area contributed by atoms with E-state index in [2.05, 4.69) is 10.3 Å². The van der Waals surface area contributed by atoms with Gasteiger partial charge in [0, 0.05) is 27.8 Å². The van der Waals surface area contributed by atoms with Crippen LogP contribution in [0.15, 0.2) is 64.4 Å². The molecule has 1 amide bonds. The number of rotatable bonds is 7. The first kappa shape index (κ1) is 21.8. The van der Waals surface area contributed by atoms with Gasteiger partial charge in [0.1, 0.15) is 21.9 Å². The van der Waals surface area contributed by atoms with Gasteiger partial charge in [0.2, 0.25) is 5.91 Å². The molecule has 34 heavy (non-hydrogen) atoms. The molecule has 0 aliphatic carbocycles. The molecule has 0 saturated carbocycles. The van der Waals surface area contributed by atoms with Crippen LogP contribution in [0, 0.1) is 0 Å². The summed E-state index contributed by atoms with van der Waals surface area (Å²) >= 11 is 1.47. The Bertz CT molecular complexity index is 1500. The summed E-state index contributed by atoms with van der Waals surface area (Å²) < 4.78 is 22.1. The third kappa shape index (κ3) is 4.04. The van der Waals surface area contributed by atoms with Gasteiger partial charge >= 0.3 is 0 Å². The normalized spacial score (nSPS) is 11.0. The van der Waals surface area contributed by atoms with Gasteiger partial charge in [-0.25, -0.2) is 4.98 Å². The predicted molar refractivity (Wildman–Crippen MR) is 133 cm³/mol. The molecule has 0 fully saturated rings. The molecule has 5 aromatic rings. The molecule has 0 spiro atoms. The molecule has 7 nitrogen and oxygen atoms in total. The summed E-state index contributed by atoms with van der Waals surface area (Å²) in [5.74, 6) is 1.65. The molecule has 0 bridgehead atoms. The van der Waals surface area contributed by atoms with E-state index in [4.69, 9.17) is 18.6 Å². The lowest BCUT2D eigenvalue weighted by Crippen LogP contribution is -2.15. The van der Waals surface area contributed by atoms with E-state index < -0.39 is 0 Å². The molecule has 8 heteroatoms. The number of thiazole rings is 1. The van der Waals surface area contributed by atoms with Crippen molar-refractivity contribution in [1.82, 2.24) is 4.98 Å². The summed E-state index contributed by atoms with van der Waals surface area (Å²) in [6.07, 6.45) is 0.130. The number of anilines is 1. The zero-order chi connectivity index (χ0) is 23.7. The Hall–Kier alpha value is -4.04. The molecule has 5 rings (SSSR count). The summed E-state index contributed by atoms with van der Waals surface area (Å²) in [6, 6.07) is 17.1. The van der Waals surface area contributed by atoms with Gasteiger partial charge in [-0.15, -0.1) is 11.3 Å². The molecule has 2 heterocycles. The van der Waals surface area contributed by atoms with Crippen molar-refractivity contribution in [3.05, 3.63) is 65.7 Å². The third-order valence-electron chi connectivity index (χ3n) is 5.50. The molecule has 1 N–H and O–H groups in total. The lowest BCUT2D eigenvalue weighted by Gasteiger charge is -2.10. The van der Waals surface area contributed by atoms with Crippen molar-refractivity contribution in [1.29, 1.82) is 0 Å². The minimum absolute atomic E-state index is 0.130. The highest BCUT2D eigenvalue weighted by atomic mass is 32.1. The molecule has 0 atom stereocenters. The standard InChI is InChI=1S/C26H22N2O5S/c1-30-21-9-8-15(10-24(21)32-3)26-27-16(14-34-26)11-25(29)28-19-13-22-18(12-23(19)31-2)17-6-4-5-7-20(17)33-22/h4-10,12-14H,11H2,1-3H3,(H,28,29). The van der Waals surface area contributed by atoms with E-state index in [0.717, 1.165) is 26.9 Å². The van der Waals surface area contributed by atoms with E-state index in [1.165, 1.54) is 11.3 Å². The molecular formula is C26H22N2O5S. The lowest BCUT2D eigenvalue weighted by molar-refractivity contribution is -0.115. The van der Waals surface area contributed by atoms with E-state index >= 15 is 0 Å². The number of amides is 1. The van der Waals surface area contributed by atoms with Crippen LogP contribution in [0.1, 0.15) is 5.69 Å². The van der Waals surface area contributed by atoms with E-state index in [1.54, 1.807) is 27.4 Å². The fourth-order valence-corrected chi connectivity index (χ4v) is 4.68. The zero-order valence-electron chi connectivity index (χ0n) is 18.9. The molecule has 0 aliphatic heterocycles. The van der Waals surface area contributed by atoms with Crippen molar-refractivity contribution in [3.8, 4) is 27.8 Å². The minimum Gasteiger partial charge on any atom is -0.495 e. The van der Waals surface area contributed by atoms with E-state index in [9.17, 15) is 4.79 Å². The van der Waals surface area contributed by atoms with Gasteiger partial charge in [-0.05, 0) is 30.3 Å². The molecule has 2 aromatic heterocycles. The number of furan rings is 1. The van der Waals surface area contributed by atoms with Crippen LogP contribution in [-0.2, 0) is 11.2 Å². The van der Waals surface area contributed by atoms with Crippen LogP contribution >= 0.6 is 11.3 Å². The van der Waals surface area contributed by atoms with Crippen LogP contribution in [0.3, 0.4) is 0 Å². The van der Waals surface area contributed by atoms with Gasteiger partial charge in [0.25, 0.3) is 0 Å². The second kappa shape index (κ2) is 9.07. The summed E-state index contributed by atoms with van der Waals surface area (Å²) in [7, 11) is 4.77. The van der Waals surface area contributed by atoms with Crippen molar-refractivity contribution >= 4 is 44.9 Å². The summed E-state index contributed by atoms with van der Waals surface area (Å²) in [4.78, 5) is 17.4. The average Bonchev–Trinajstić information content (AvgIpc) is 3.47. The number of methoxy groups -OCH3 is 3. The molecule has 0 aliphatic rings. The Labute approximate surface area is 199 Å². The molecule has 3 aromatic carbocycles. The number of benzene rings is 3. The number of hydrogen-bond acceptors (Lipinski definition) is 7. The Morgan fingerprint density at radius 1 is 0.912 bits per heavy atom. The van der Waals surface area contributed by atoms with Gasteiger partial charge in [0.05, 0.1) is 39.1 Å². The number of para-hydroxylation sites is 1. The smallest absolute Gasteiger partial charge is 0.230 e. The number of aromatic nitrogens is 1. The van der Waals surface area contributed by atoms with Crippen molar-refractivity contribution in [3.63, 3.8) is 0 Å². The monoisotopic (exact) mass is 474 g/mol. The number of fused-ring (bicyclic) bond motifs is 3. The molecule has 172 valence electrons. The van der Waals surface area contributed by atoms with Crippen LogP contribution < -0.4 is 19.5 Å². The molecular weight excluding hydrogens is 452 g/mol. The Kier molecular flexibility index (Phi) is 5.81. The number of nitrogens with one attached hydrogen (secondary N) is 1. The van der Waals surface area contributed by atoms with Gasteiger partial charge < -0.3 is 23.9 Å². The Balaban J connectivity index is 1.36. The third-order valence-corrected chi connectivity index (χ3v) is 6.44. The summed E-state index contributed by atoms with van der Waals surface area (Å²) in [6.45, 7) is 0. The molecule has 0 unspecified atom stereocenters. The predicted octanol–water partition coefficient (Wildman–Crippen LogP) is 5.92. The van der Waals surface area contributed by atoms with Crippen LogP contribution in [-0.4, -0.2) is 32.2 Å². The average molecular weight is 475 g/mol. The number of carbonyl (C=O) groups excluding carboxylic acids is 1. The largest absolute Gasteiger partial charge is 0.495 e. The maximum Gasteiger partial charge on any atom is 0.230 e. The van der Waals surface area contributed by atoms with E-state index in [1.807, 2.05) is 53.9 Å². The minimum atomic E-state index is -0.196. The van der Waals surface area contributed by atoms with Crippen LogP contribution in [0.25, 0.3) is 32.5 Å². The van der Waals surface area contributed by atoms with Gasteiger partial charge in [-0.2, -0.15) is 0 Å². The van der Waals surface area contributed by atoms with Gasteiger partial charge in [-0.3, -0.25) is 4.79 Å². The fourth-order valence-electron chi connectivity index (χ4n) is 3.87. The lowest BCUT2D eigenvalue weighted by atomic mass is 10.1. The van der Waals surface area contributed by atoms with E-state index in [-0.39, 0.29) is 12.3 Å². The molecule has 0 radical (unpaired) electrons. The summed E-state index contributed by atoms with van der Waals surface area (Å²) in [5.41, 5.74) is 3.59. The second-order valence-corrected chi connectivity index (χ2v) is 8.44. The van der Waals surface area contributed by atoms with Gasteiger partial charge in [-0.1, -0.05) is 18.2 Å². The number of ether oxygens (including phenoxy) is 3. The van der Waals surface area contributed by atoms with Crippen molar-refractivity contribution in [2.45, 2.75) is 6.42 Å². The Morgan fingerprint density at radius 3 is 2.50 bits per heavy atom. The maximum absolute atomic E-state index is 12.8. The van der Waals surface area contributed by atoms with E-state index in [0.29, 0.717) is 34.2 Å². The summed E-state index contributed by atoms with van der Waals surface area (Å²) in [5, 5.41) is 7.54. The highest BCUT2D eigenvalue weighted by Gasteiger charge is 2.16. The number of carbonyl (C=O) groups is 1. The number of nitrogens with zero attached hydrogens (tertiary/aromatic N) is 1. The molecule has 0 saturated heterocycles. The zero-order valence-corrected chi connectivity index (χ0v) is 19.7.